The topological polar surface area (TPSA) is 31.4 Å². The molecule has 1 aliphatic carbocycles. The van der Waals surface area contributed by atoms with Crippen molar-refractivity contribution in [3.05, 3.63) is 18.0 Å². The molecule has 0 atom stereocenters. The molecule has 2 rings (SSSR count). The second-order valence-corrected chi connectivity index (χ2v) is 6.25. The molecule has 0 aliphatic heterocycles. The maximum absolute atomic E-state index is 5.87. The van der Waals surface area contributed by atoms with Gasteiger partial charge in [0.15, 0.2) is 0 Å². The van der Waals surface area contributed by atoms with Gasteiger partial charge in [0.1, 0.15) is 11.5 Å². The highest BCUT2D eigenvalue weighted by atomic mass is 16.5. The average molecular weight is 249 g/mol. The van der Waals surface area contributed by atoms with Crippen LogP contribution in [-0.4, -0.2) is 17.2 Å². The summed E-state index contributed by atoms with van der Waals surface area (Å²) >= 11 is 0. The van der Waals surface area contributed by atoms with Gasteiger partial charge in [-0.25, -0.2) is 0 Å². The zero-order chi connectivity index (χ0) is 13.3. The highest BCUT2D eigenvalue weighted by molar-refractivity contribution is 5.38. The minimum atomic E-state index is -0.0255. The van der Waals surface area contributed by atoms with Crippen molar-refractivity contribution in [2.24, 2.45) is 0 Å². The van der Waals surface area contributed by atoms with E-state index in [1.807, 2.05) is 26.1 Å². The van der Waals surface area contributed by atoms with E-state index in [4.69, 9.17) is 9.47 Å². The SMILES string of the molecule is CC(C)Oc1cc(OC2CC2)cnc1C(C)(C)C. The van der Waals surface area contributed by atoms with Crippen LogP contribution < -0.4 is 9.47 Å². The van der Waals surface area contributed by atoms with Crippen molar-refractivity contribution in [3.8, 4) is 11.5 Å². The van der Waals surface area contributed by atoms with Crippen molar-refractivity contribution in [2.75, 3.05) is 0 Å². The monoisotopic (exact) mass is 249 g/mol. The normalized spacial score (nSPS) is 15.9. The molecule has 100 valence electrons. The zero-order valence-electron chi connectivity index (χ0n) is 12.0. The maximum atomic E-state index is 5.87. The first-order valence-electron chi connectivity index (χ1n) is 6.70. The first-order valence-corrected chi connectivity index (χ1v) is 6.70. The Kier molecular flexibility index (Phi) is 3.51. The van der Waals surface area contributed by atoms with E-state index in [1.165, 1.54) is 0 Å². The molecule has 3 heteroatoms. The van der Waals surface area contributed by atoms with Gasteiger partial charge in [-0.05, 0) is 26.7 Å². The standard InChI is InChI=1S/C15H23NO2/c1-10(2)17-13-8-12(18-11-6-7-11)9-16-14(13)15(3,4)5/h8-11H,6-7H2,1-5H3. The van der Waals surface area contributed by atoms with Gasteiger partial charge in [0.25, 0.3) is 0 Å². The minimum absolute atomic E-state index is 0.0255. The summed E-state index contributed by atoms with van der Waals surface area (Å²) in [5, 5.41) is 0. The van der Waals surface area contributed by atoms with Gasteiger partial charge in [0.2, 0.25) is 0 Å². The lowest BCUT2D eigenvalue weighted by molar-refractivity contribution is 0.231. The summed E-state index contributed by atoms with van der Waals surface area (Å²) in [6.07, 6.45) is 4.65. The second kappa shape index (κ2) is 4.79. The molecular formula is C15H23NO2. The molecule has 0 bridgehead atoms. The Labute approximate surface area is 110 Å². The van der Waals surface area contributed by atoms with Gasteiger partial charge in [-0.15, -0.1) is 0 Å². The first-order chi connectivity index (χ1) is 8.36. The number of hydrogen-bond acceptors (Lipinski definition) is 3. The summed E-state index contributed by atoms with van der Waals surface area (Å²) in [7, 11) is 0. The Morgan fingerprint density at radius 1 is 1.28 bits per heavy atom. The van der Waals surface area contributed by atoms with E-state index in [9.17, 15) is 0 Å². The summed E-state index contributed by atoms with van der Waals surface area (Å²) in [6.45, 7) is 10.5. The third kappa shape index (κ3) is 3.37. The van der Waals surface area contributed by atoms with Crippen molar-refractivity contribution in [1.82, 2.24) is 4.98 Å². The quantitative estimate of drug-likeness (QED) is 0.815. The Bertz CT molecular complexity index is 417. The summed E-state index contributed by atoms with van der Waals surface area (Å²) in [5.74, 6) is 1.66. The fourth-order valence-electron chi connectivity index (χ4n) is 1.78. The number of aromatic nitrogens is 1. The van der Waals surface area contributed by atoms with Crippen molar-refractivity contribution < 1.29 is 9.47 Å². The van der Waals surface area contributed by atoms with Gasteiger partial charge in [-0.1, -0.05) is 20.8 Å². The van der Waals surface area contributed by atoms with Gasteiger partial charge in [0.05, 0.1) is 24.1 Å². The fourth-order valence-corrected chi connectivity index (χ4v) is 1.78. The van der Waals surface area contributed by atoms with Crippen LogP contribution in [0.1, 0.15) is 53.2 Å². The smallest absolute Gasteiger partial charge is 0.145 e. The van der Waals surface area contributed by atoms with Crippen LogP contribution in [0, 0.1) is 0 Å². The molecule has 0 amide bonds. The van der Waals surface area contributed by atoms with Crippen LogP contribution in [0.3, 0.4) is 0 Å². The molecule has 0 N–H and O–H groups in total. The number of nitrogens with zero attached hydrogens (tertiary/aromatic N) is 1. The molecule has 1 fully saturated rings. The first kappa shape index (κ1) is 13.2. The summed E-state index contributed by atoms with van der Waals surface area (Å²) in [5.41, 5.74) is 0.960. The number of pyridine rings is 1. The van der Waals surface area contributed by atoms with Crippen LogP contribution in [0.15, 0.2) is 12.3 Å². The van der Waals surface area contributed by atoms with Crippen LogP contribution in [0.2, 0.25) is 0 Å². The van der Waals surface area contributed by atoms with E-state index < -0.39 is 0 Å². The molecule has 1 heterocycles. The Morgan fingerprint density at radius 2 is 1.94 bits per heavy atom. The molecule has 3 nitrogen and oxygen atoms in total. The van der Waals surface area contributed by atoms with E-state index in [0.717, 1.165) is 30.0 Å². The molecule has 1 aromatic rings. The van der Waals surface area contributed by atoms with Gasteiger partial charge < -0.3 is 9.47 Å². The molecule has 18 heavy (non-hydrogen) atoms. The Balaban J connectivity index is 2.27. The van der Waals surface area contributed by atoms with E-state index in [1.54, 1.807) is 0 Å². The molecule has 0 aromatic carbocycles. The molecule has 1 aliphatic rings. The minimum Gasteiger partial charge on any atom is -0.489 e. The van der Waals surface area contributed by atoms with Crippen LogP contribution in [0.25, 0.3) is 0 Å². The lowest BCUT2D eigenvalue weighted by Gasteiger charge is -2.23. The Morgan fingerprint density at radius 3 is 2.44 bits per heavy atom. The third-order valence-corrected chi connectivity index (χ3v) is 2.73. The average Bonchev–Trinajstić information content (AvgIpc) is 2.98. The van der Waals surface area contributed by atoms with Gasteiger partial charge in [-0.3, -0.25) is 4.98 Å². The van der Waals surface area contributed by atoms with Crippen LogP contribution in [-0.2, 0) is 5.41 Å². The lowest BCUT2D eigenvalue weighted by atomic mass is 9.91. The third-order valence-electron chi connectivity index (χ3n) is 2.73. The fraction of sp³-hybridized carbons (Fsp3) is 0.667. The number of hydrogen-bond donors (Lipinski definition) is 0. The molecule has 1 saturated carbocycles. The van der Waals surface area contributed by atoms with Crippen molar-refractivity contribution in [3.63, 3.8) is 0 Å². The lowest BCUT2D eigenvalue weighted by Crippen LogP contribution is -2.18. The maximum Gasteiger partial charge on any atom is 0.145 e. The van der Waals surface area contributed by atoms with E-state index in [-0.39, 0.29) is 11.5 Å². The van der Waals surface area contributed by atoms with Crippen LogP contribution >= 0.6 is 0 Å². The highest BCUT2D eigenvalue weighted by Crippen LogP contribution is 2.34. The summed E-state index contributed by atoms with van der Waals surface area (Å²) in [4.78, 5) is 4.53. The molecule has 0 unspecified atom stereocenters. The molecule has 1 aromatic heterocycles. The summed E-state index contributed by atoms with van der Waals surface area (Å²) in [6, 6.07) is 1.98. The van der Waals surface area contributed by atoms with Crippen molar-refractivity contribution in [2.45, 2.75) is 65.1 Å². The van der Waals surface area contributed by atoms with E-state index in [2.05, 4.69) is 25.8 Å². The molecular weight excluding hydrogens is 226 g/mol. The van der Waals surface area contributed by atoms with Gasteiger partial charge in [0, 0.05) is 11.5 Å². The van der Waals surface area contributed by atoms with Crippen LogP contribution in [0.4, 0.5) is 0 Å². The zero-order valence-corrected chi connectivity index (χ0v) is 12.0. The highest BCUT2D eigenvalue weighted by Gasteiger charge is 2.26. The number of ether oxygens (including phenoxy) is 2. The molecule has 0 radical (unpaired) electrons. The molecule has 0 saturated heterocycles. The van der Waals surface area contributed by atoms with Gasteiger partial charge in [-0.2, -0.15) is 0 Å². The van der Waals surface area contributed by atoms with E-state index in [0.29, 0.717) is 6.10 Å². The largest absolute Gasteiger partial charge is 0.489 e. The predicted molar refractivity (Wildman–Crippen MR) is 72.4 cm³/mol. The second-order valence-electron chi connectivity index (χ2n) is 6.25. The predicted octanol–water partition coefficient (Wildman–Crippen LogP) is 3.71. The number of rotatable bonds is 4. The summed E-state index contributed by atoms with van der Waals surface area (Å²) < 4.78 is 11.6. The Hall–Kier alpha value is -1.25. The molecule has 0 spiro atoms. The van der Waals surface area contributed by atoms with Crippen molar-refractivity contribution in [1.29, 1.82) is 0 Å². The van der Waals surface area contributed by atoms with Crippen molar-refractivity contribution >= 4 is 0 Å². The van der Waals surface area contributed by atoms with Crippen LogP contribution in [0.5, 0.6) is 11.5 Å². The van der Waals surface area contributed by atoms with Gasteiger partial charge >= 0.3 is 0 Å². The van der Waals surface area contributed by atoms with E-state index >= 15 is 0 Å².